The monoisotopic (exact) mass is 381 g/mol. The normalized spacial score (nSPS) is 10.6. The summed E-state index contributed by atoms with van der Waals surface area (Å²) in [6, 6.07) is 4.79. The molecule has 7 heteroatoms. The van der Waals surface area contributed by atoms with Gasteiger partial charge in [0, 0.05) is 5.02 Å². The highest BCUT2D eigenvalue weighted by Gasteiger charge is 2.22. The fraction of sp³-hybridized carbons (Fsp3) is 0.0833. The first kappa shape index (κ1) is 14.7. The van der Waals surface area contributed by atoms with Gasteiger partial charge in [-0.2, -0.15) is 0 Å². The van der Waals surface area contributed by atoms with Gasteiger partial charge in [0.15, 0.2) is 0 Å². The van der Waals surface area contributed by atoms with Crippen LogP contribution >= 0.6 is 50.7 Å². The summed E-state index contributed by atoms with van der Waals surface area (Å²) in [6.07, 6.45) is 0. The molecule has 0 aliphatic rings. The van der Waals surface area contributed by atoms with Crippen LogP contribution in [0.5, 0.6) is 5.75 Å². The molecule has 1 aromatic carbocycles. The number of hydrogen-bond donors (Lipinski definition) is 1. The Balaban J connectivity index is 2.55. The van der Waals surface area contributed by atoms with Crippen molar-refractivity contribution in [3.05, 3.63) is 49.1 Å². The molecule has 2 aromatic rings. The number of nitrogens with one attached hydrogen (secondary N) is 1. The maximum atomic E-state index is 12.4. The molecule has 0 atom stereocenters. The van der Waals surface area contributed by atoms with Crippen molar-refractivity contribution < 1.29 is 9.53 Å². The Labute approximate surface area is 132 Å². The molecule has 19 heavy (non-hydrogen) atoms. The highest BCUT2D eigenvalue weighted by atomic mass is 79.9. The van der Waals surface area contributed by atoms with Crippen molar-refractivity contribution in [3.8, 4) is 5.75 Å². The van der Waals surface area contributed by atoms with Gasteiger partial charge in [-0.25, -0.2) is 0 Å². The highest BCUT2D eigenvalue weighted by molar-refractivity contribution is 9.10. The van der Waals surface area contributed by atoms with Crippen LogP contribution in [0, 0.1) is 0 Å². The molecule has 0 fully saturated rings. The van der Waals surface area contributed by atoms with Crippen molar-refractivity contribution in [2.24, 2.45) is 0 Å². The van der Waals surface area contributed by atoms with Crippen molar-refractivity contribution in [1.29, 1.82) is 0 Å². The smallest absolute Gasteiger partial charge is 0.214 e. The molecule has 0 aliphatic carbocycles. The number of carbonyl (C=O) groups is 1. The largest absolute Gasteiger partial charge is 0.496 e. The van der Waals surface area contributed by atoms with Crippen LogP contribution in [0.25, 0.3) is 0 Å². The van der Waals surface area contributed by atoms with E-state index < -0.39 is 0 Å². The number of aromatic amines is 1. The molecule has 2 rings (SSSR count). The third kappa shape index (κ3) is 2.77. The summed E-state index contributed by atoms with van der Waals surface area (Å²) in [5.74, 6) is 0.100. The summed E-state index contributed by atoms with van der Waals surface area (Å²) in [7, 11) is 1.48. The van der Waals surface area contributed by atoms with Crippen molar-refractivity contribution in [1.82, 2.24) is 4.98 Å². The molecule has 1 aromatic heterocycles. The van der Waals surface area contributed by atoms with E-state index in [1.165, 1.54) is 13.2 Å². The predicted octanol–water partition coefficient (Wildman–Crippen LogP) is 4.98. The van der Waals surface area contributed by atoms with E-state index in [4.69, 9.17) is 39.5 Å². The zero-order chi connectivity index (χ0) is 14.2. The lowest BCUT2D eigenvalue weighted by molar-refractivity contribution is 0.103. The van der Waals surface area contributed by atoms with E-state index in [0.29, 0.717) is 20.8 Å². The molecule has 0 bridgehead atoms. The van der Waals surface area contributed by atoms with Crippen molar-refractivity contribution in [2.45, 2.75) is 0 Å². The second-order valence-corrected chi connectivity index (χ2v) is 5.60. The van der Waals surface area contributed by atoms with Gasteiger partial charge in [0.05, 0.1) is 22.2 Å². The zero-order valence-electron chi connectivity index (χ0n) is 9.56. The summed E-state index contributed by atoms with van der Waals surface area (Å²) < 4.78 is 5.55. The minimum Gasteiger partial charge on any atom is -0.496 e. The molecule has 100 valence electrons. The molecule has 0 spiro atoms. The first-order chi connectivity index (χ1) is 8.95. The number of rotatable bonds is 3. The lowest BCUT2D eigenvalue weighted by Gasteiger charge is -2.07. The Hall–Kier alpha value is -0.680. The third-order valence-corrected chi connectivity index (χ3v) is 4.49. The van der Waals surface area contributed by atoms with Gasteiger partial charge in [-0.05, 0) is 34.1 Å². The van der Waals surface area contributed by atoms with Crippen molar-refractivity contribution in [2.75, 3.05) is 7.11 Å². The molecule has 1 N–H and O–H groups in total. The van der Waals surface area contributed by atoms with Gasteiger partial charge in [-0.3, -0.25) is 4.79 Å². The molecule has 0 saturated heterocycles. The molecule has 0 saturated carbocycles. The number of benzene rings is 1. The van der Waals surface area contributed by atoms with Crippen molar-refractivity contribution in [3.63, 3.8) is 0 Å². The minimum absolute atomic E-state index is 0.192. The van der Waals surface area contributed by atoms with E-state index in [2.05, 4.69) is 20.9 Å². The number of hydrogen-bond acceptors (Lipinski definition) is 2. The molecule has 3 nitrogen and oxygen atoms in total. The number of methoxy groups -OCH3 is 1. The predicted molar refractivity (Wildman–Crippen MR) is 79.9 cm³/mol. The standard InChI is InChI=1S/C12H7BrCl3NO2/c1-19-7-3-2-5(14)4-6(7)11(18)10-8(13)9(15)12(16)17-10/h2-4,17H,1H3. The zero-order valence-corrected chi connectivity index (χ0v) is 13.4. The number of ether oxygens (including phenoxy) is 1. The number of ketones is 1. The van der Waals surface area contributed by atoms with Gasteiger partial charge < -0.3 is 9.72 Å². The van der Waals surface area contributed by atoms with Crippen LogP contribution in [-0.2, 0) is 0 Å². The van der Waals surface area contributed by atoms with Crippen LogP contribution < -0.4 is 4.74 Å². The summed E-state index contributed by atoms with van der Waals surface area (Å²) in [4.78, 5) is 15.2. The number of carbonyl (C=O) groups excluding carboxylic acids is 1. The molecule has 0 amide bonds. The van der Waals surface area contributed by atoms with E-state index in [1.807, 2.05) is 0 Å². The lowest BCUT2D eigenvalue weighted by atomic mass is 10.1. The Morgan fingerprint density at radius 1 is 1.32 bits per heavy atom. The Morgan fingerprint density at radius 3 is 2.53 bits per heavy atom. The van der Waals surface area contributed by atoms with Gasteiger partial charge in [0.1, 0.15) is 16.6 Å². The molecule has 1 heterocycles. The third-order valence-electron chi connectivity index (χ3n) is 2.47. The SMILES string of the molecule is COc1ccc(Cl)cc1C(=O)c1[nH]c(Cl)c(Cl)c1Br. The Kier molecular flexibility index (Phi) is 4.46. The highest BCUT2D eigenvalue weighted by Crippen LogP contribution is 2.35. The van der Waals surface area contributed by atoms with Crippen LogP contribution in [0.15, 0.2) is 22.7 Å². The fourth-order valence-corrected chi connectivity index (χ4v) is 2.67. The van der Waals surface area contributed by atoms with Crippen LogP contribution in [0.2, 0.25) is 15.2 Å². The quantitative estimate of drug-likeness (QED) is 0.760. The summed E-state index contributed by atoms with van der Waals surface area (Å²) in [5, 5.41) is 0.882. The summed E-state index contributed by atoms with van der Waals surface area (Å²) >= 11 is 20.9. The van der Waals surface area contributed by atoms with Crippen molar-refractivity contribution >= 4 is 56.5 Å². The summed E-state index contributed by atoms with van der Waals surface area (Å²) in [6.45, 7) is 0. The number of halogens is 4. The van der Waals surface area contributed by atoms with E-state index in [9.17, 15) is 4.79 Å². The number of H-pyrrole nitrogens is 1. The molecule has 0 unspecified atom stereocenters. The van der Waals surface area contributed by atoms with E-state index >= 15 is 0 Å². The number of aromatic nitrogens is 1. The van der Waals surface area contributed by atoms with Gasteiger partial charge in [0.2, 0.25) is 5.78 Å². The van der Waals surface area contributed by atoms with Crippen LogP contribution in [0.1, 0.15) is 16.1 Å². The molecule has 0 radical (unpaired) electrons. The van der Waals surface area contributed by atoms with Crippen LogP contribution in [0.3, 0.4) is 0 Å². The second-order valence-electron chi connectivity index (χ2n) is 3.62. The first-order valence-electron chi connectivity index (χ1n) is 5.06. The topological polar surface area (TPSA) is 42.1 Å². The Morgan fingerprint density at radius 2 is 2.00 bits per heavy atom. The lowest BCUT2D eigenvalue weighted by Crippen LogP contribution is -2.05. The minimum atomic E-state index is -0.319. The Bertz CT molecular complexity index is 655. The van der Waals surface area contributed by atoms with E-state index in [-0.39, 0.29) is 21.7 Å². The second kappa shape index (κ2) is 5.75. The van der Waals surface area contributed by atoms with Crippen LogP contribution in [-0.4, -0.2) is 17.9 Å². The fourth-order valence-electron chi connectivity index (χ4n) is 1.57. The molecule has 0 aliphatic heterocycles. The first-order valence-corrected chi connectivity index (χ1v) is 6.99. The molecular formula is C12H7BrCl3NO2. The van der Waals surface area contributed by atoms with Gasteiger partial charge in [-0.1, -0.05) is 34.8 Å². The van der Waals surface area contributed by atoms with Gasteiger partial charge >= 0.3 is 0 Å². The van der Waals surface area contributed by atoms with Crippen LogP contribution in [0.4, 0.5) is 0 Å². The average molecular weight is 383 g/mol. The average Bonchev–Trinajstić information content (AvgIpc) is 2.65. The van der Waals surface area contributed by atoms with Gasteiger partial charge in [0.25, 0.3) is 0 Å². The maximum absolute atomic E-state index is 12.4. The van der Waals surface area contributed by atoms with Gasteiger partial charge in [-0.15, -0.1) is 0 Å². The van der Waals surface area contributed by atoms with E-state index in [1.54, 1.807) is 12.1 Å². The maximum Gasteiger partial charge on any atom is 0.214 e. The van der Waals surface area contributed by atoms with E-state index in [0.717, 1.165) is 0 Å². The summed E-state index contributed by atoms with van der Waals surface area (Å²) in [5.41, 5.74) is 0.570. The molecular weight excluding hydrogens is 376 g/mol.